The van der Waals surface area contributed by atoms with E-state index in [1.807, 2.05) is 54.6 Å². The summed E-state index contributed by atoms with van der Waals surface area (Å²) in [6.07, 6.45) is 0. The predicted molar refractivity (Wildman–Crippen MR) is 107 cm³/mol. The van der Waals surface area contributed by atoms with Crippen LogP contribution in [0.2, 0.25) is 0 Å². The molecule has 1 aromatic heterocycles. The number of nitrogens with zero attached hydrogens (tertiary/aromatic N) is 2. The van der Waals surface area contributed by atoms with E-state index in [0.29, 0.717) is 11.6 Å². The molecule has 1 aliphatic rings. The Hall–Kier alpha value is -3.28. The normalized spacial score (nSPS) is 12.7. The minimum absolute atomic E-state index is 0.113. The third-order valence-corrected chi connectivity index (χ3v) is 3.91. The lowest BCUT2D eigenvalue weighted by atomic mass is 10.1. The molecule has 2 aromatic carbocycles. The van der Waals surface area contributed by atoms with Crippen molar-refractivity contribution in [3.05, 3.63) is 54.6 Å². The van der Waals surface area contributed by atoms with Gasteiger partial charge in [-0.15, -0.1) is 0 Å². The summed E-state index contributed by atoms with van der Waals surface area (Å²) in [6, 6.07) is 17.6. The highest BCUT2D eigenvalue weighted by Crippen LogP contribution is 2.35. The summed E-state index contributed by atoms with van der Waals surface area (Å²) in [5.74, 6) is 3.61. The number of hydrogen-bond acceptors (Lipinski definition) is 6. The highest BCUT2D eigenvalue weighted by Gasteiger charge is 2.16. The molecule has 2 heterocycles. The van der Waals surface area contributed by atoms with Gasteiger partial charge in [0.05, 0.1) is 0 Å². The highest BCUT2D eigenvalue weighted by atomic mass is 16.7. The standard InChI is InChI=1S/C21H22N4O2/c1-21(2,3)25-19-12-18(23-20(24-19)14-7-5-4-6-8-14)22-15-9-10-16-17(11-15)27-13-26-16/h4-12H,13H2,1-3H3,(H2,22,23,24,25). The van der Waals surface area contributed by atoms with Crippen LogP contribution in [-0.4, -0.2) is 22.3 Å². The van der Waals surface area contributed by atoms with Crippen molar-refractivity contribution in [3.8, 4) is 22.9 Å². The summed E-state index contributed by atoms with van der Waals surface area (Å²) < 4.78 is 10.8. The van der Waals surface area contributed by atoms with Crippen LogP contribution in [0.4, 0.5) is 17.3 Å². The molecule has 0 spiro atoms. The molecule has 0 unspecified atom stereocenters. The lowest BCUT2D eigenvalue weighted by Gasteiger charge is -2.22. The second kappa shape index (κ2) is 6.79. The molecule has 0 atom stereocenters. The van der Waals surface area contributed by atoms with Crippen molar-refractivity contribution in [1.82, 2.24) is 9.97 Å². The zero-order valence-electron chi connectivity index (χ0n) is 15.6. The van der Waals surface area contributed by atoms with Crippen LogP contribution in [-0.2, 0) is 0 Å². The minimum Gasteiger partial charge on any atom is -0.454 e. The Morgan fingerprint density at radius 2 is 1.59 bits per heavy atom. The van der Waals surface area contributed by atoms with E-state index in [-0.39, 0.29) is 12.3 Å². The zero-order valence-corrected chi connectivity index (χ0v) is 15.6. The molecule has 0 radical (unpaired) electrons. The Labute approximate surface area is 158 Å². The second-order valence-electron chi connectivity index (χ2n) is 7.40. The van der Waals surface area contributed by atoms with E-state index in [0.717, 1.165) is 28.6 Å². The fraction of sp³-hybridized carbons (Fsp3) is 0.238. The number of nitrogens with one attached hydrogen (secondary N) is 2. The van der Waals surface area contributed by atoms with Gasteiger partial charge in [-0.2, -0.15) is 0 Å². The summed E-state index contributed by atoms with van der Waals surface area (Å²) >= 11 is 0. The molecule has 0 bridgehead atoms. The van der Waals surface area contributed by atoms with Crippen molar-refractivity contribution in [3.63, 3.8) is 0 Å². The first kappa shape index (κ1) is 17.1. The van der Waals surface area contributed by atoms with Crippen LogP contribution in [0.5, 0.6) is 11.5 Å². The van der Waals surface area contributed by atoms with E-state index < -0.39 is 0 Å². The lowest BCUT2D eigenvalue weighted by molar-refractivity contribution is 0.174. The number of rotatable bonds is 4. The molecule has 2 N–H and O–H groups in total. The number of benzene rings is 2. The van der Waals surface area contributed by atoms with E-state index in [1.54, 1.807) is 0 Å². The molecule has 0 amide bonds. The third-order valence-electron chi connectivity index (χ3n) is 3.91. The third kappa shape index (κ3) is 4.11. The Morgan fingerprint density at radius 3 is 2.37 bits per heavy atom. The maximum atomic E-state index is 5.45. The zero-order chi connectivity index (χ0) is 18.9. The van der Waals surface area contributed by atoms with Crippen molar-refractivity contribution in [2.75, 3.05) is 17.4 Å². The fourth-order valence-corrected chi connectivity index (χ4v) is 2.80. The molecular weight excluding hydrogens is 340 g/mol. The lowest BCUT2D eigenvalue weighted by Crippen LogP contribution is -2.26. The van der Waals surface area contributed by atoms with Gasteiger partial charge in [0.2, 0.25) is 6.79 Å². The van der Waals surface area contributed by atoms with Gasteiger partial charge in [0.15, 0.2) is 17.3 Å². The van der Waals surface area contributed by atoms with Gasteiger partial charge in [0.25, 0.3) is 0 Å². The average Bonchev–Trinajstić information content (AvgIpc) is 3.08. The minimum atomic E-state index is -0.113. The Bertz CT molecular complexity index is 952. The van der Waals surface area contributed by atoms with E-state index in [4.69, 9.17) is 9.47 Å². The molecule has 0 aliphatic carbocycles. The molecule has 0 saturated heterocycles. The number of hydrogen-bond donors (Lipinski definition) is 2. The Balaban J connectivity index is 1.69. The molecule has 4 rings (SSSR count). The van der Waals surface area contributed by atoms with Crippen molar-refractivity contribution >= 4 is 17.3 Å². The van der Waals surface area contributed by atoms with Crippen LogP contribution in [0.15, 0.2) is 54.6 Å². The van der Waals surface area contributed by atoms with Crippen molar-refractivity contribution in [2.24, 2.45) is 0 Å². The van der Waals surface area contributed by atoms with Gasteiger partial charge in [-0.1, -0.05) is 30.3 Å². The number of ether oxygens (including phenoxy) is 2. The summed E-state index contributed by atoms with van der Waals surface area (Å²) in [5, 5.41) is 6.77. The molecule has 27 heavy (non-hydrogen) atoms. The molecule has 6 nitrogen and oxygen atoms in total. The largest absolute Gasteiger partial charge is 0.454 e. The van der Waals surface area contributed by atoms with Crippen LogP contribution in [0, 0.1) is 0 Å². The molecule has 0 fully saturated rings. The van der Waals surface area contributed by atoms with Crippen LogP contribution in [0.3, 0.4) is 0 Å². The summed E-state index contributed by atoms with van der Waals surface area (Å²) in [4.78, 5) is 9.37. The average molecular weight is 362 g/mol. The molecule has 0 saturated carbocycles. The molecular formula is C21H22N4O2. The first-order chi connectivity index (χ1) is 13.0. The Morgan fingerprint density at radius 1 is 0.852 bits per heavy atom. The van der Waals surface area contributed by atoms with Gasteiger partial charge in [0.1, 0.15) is 11.6 Å². The topological polar surface area (TPSA) is 68.3 Å². The number of anilines is 3. The first-order valence-electron chi connectivity index (χ1n) is 8.86. The van der Waals surface area contributed by atoms with Gasteiger partial charge in [0, 0.05) is 28.9 Å². The summed E-state index contributed by atoms with van der Waals surface area (Å²) in [5.41, 5.74) is 1.72. The van der Waals surface area contributed by atoms with E-state index >= 15 is 0 Å². The van der Waals surface area contributed by atoms with Crippen LogP contribution < -0.4 is 20.1 Å². The predicted octanol–water partition coefficient (Wildman–Crippen LogP) is 4.83. The van der Waals surface area contributed by atoms with Gasteiger partial charge in [-0.05, 0) is 32.9 Å². The van der Waals surface area contributed by atoms with Gasteiger partial charge < -0.3 is 20.1 Å². The summed E-state index contributed by atoms with van der Waals surface area (Å²) in [7, 11) is 0. The maximum absolute atomic E-state index is 5.45. The second-order valence-corrected chi connectivity index (χ2v) is 7.40. The number of fused-ring (bicyclic) bond motifs is 1. The molecule has 138 valence electrons. The van der Waals surface area contributed by atoms with E-state index in [9.17, 15) is 0 Å². The van der Waals surface area contributed by atoms with Crippen LogP contribution in [0.1, 0.15) is 20.8 Å². The van der Waals surface area contributed by atoms with E-state index in [2.05, 4.69) is 41.4 Å². The monoisotopic (exact) mass is 362 g/mol. The van der Waals surface area contributed by atoms with Crippen molar-refractivity contribution in [2.45, 2.75) is 26.3 Å². The Kier molecular flexibility index (Phi) is 4.32. The van der Waals surface area contributed by atoms with Gasteiger partial charge in [-0.25, -0.2) is 9.97 Å². The van der Waals surface area contributed by atoms with Gasteiger partial charge in [-0.3, -0.25) is 0 Å². The summed E-state index contributed by atoms with van der Waals surface area (Å²) in [6.45, 7) is 6.55. The highest BCUT2D eigenvalue weighted by molar-refractivity contribution is 5.67. The van der Waals surface area contributed by atoms with Gasteiger partial charge >= 0.3 is 0 Å². The van der Waals surface area contributed by atoms with Crippen molar-refractivity contribution in [1.29, 1.82) is 0 Å². The quantitative estimate of drug-likeness (QED) is 0.693. The fourth-order valence-electron chi connectivity index (χ4n) is 2.80. The van der Waals surface area contributed by atoms with E-state index in [1.165, 1.54) is 0 Å². The number of aromatic nitrogens is 2. The van der Waals surface area contributed by atoms with Crippen molar-refractivity contribution < 1.29 is 9.47 Å². The molecule has 1 aliphatic heterocycles. The SMILES string of the molecule is CC(C)(C)Nc1cc(Nc2ccc3c(c2)OCO3)nc(-c2ccccc2)n1. The maximum Gasteiger partial charge on any atom is 0.231 e. The van der Waals surface area contributed by atoms with Crippen LogP contribution in [0.25, 0.3) is 11.4 Å². The first-order valence-corrected chi connectivity index (χ1v) is 8.86. The van der Waals surface area contributed by atoms with Crippen LogP contribution >= 0.6 is 0 Å². The molecule has 3 aromatic rings. The smallest absolute Gasteiger partial charge is 0.231 e. The molecule has 6 heteroatoms.